The van der Waals surface area contributed by atoms with Crippen LogP contribution >= 0.6 is 0 Å². The summed E-state index contributed by atoms with van der Waals surface area (Å²) in [5, 5.41) is 3.07. The molecule has 5 heteroatoms. The van der Waals surface area contributed by atoms with Crippen LogP contribution in [0.3, 0.4) is 0 Å². The molecule has 5 nitrogen and oxygen atoms in total. The number of ether oxygens (including phenoxy) is 2. The Balaban J connectivity index is 2.19. The average molecular weight is 223 g/mol. The maximum absolute atomic E-state index is 5.76. The van der Waals surface area contributed by atoms with Gasteiger partial charge in [-0.15, -0.1) is 0 Å². The molecule has 2 rings (SSSR count). The quantitative estimate of drug-likeness (QED) is 0.814. The molecule has 0 unspecified atom stereocenters. The van der Waals surface area contributed by atoms with E-state index in [4.69, 9.17) is 9.47 Å². The second-order valence-corrected chi connectivity index (χ2v) is 3.78. The summed E-state index contributed by atoms with van der Waals surface area (Å²) in [6.07, 6.45) is 3.63. The van der Waals surface area contributed by atoms with Crippen LogP contribution in [0, 0.1) is 0 Å². The Morgan fingerprint density at radius 1 is 1.50 bits per heavy atom. The fourth-order valence-corrected chi connectivity index (χ4v) is 1.63. The summed E-state index contributed by atoms with van der Waals surface area (Å²) in [6, 6.07) is 0. The second kappa shape index (κ2) is 5.12. The van der Waals surface area contributed by atoms with E-state index in [-0.39, 0.29) is 6.10 Å². The van der Waals surface area contributed by atoms with E-state index in [1.807, 2.05) is 7.05 Å². The van der Waals surface area contributed by atoms with E-state index < -0.39 is 0 Å². The minimum Gasteiger partial charge on any atom is -0.469 e. The zero-order valence-corrected chi connectivity index (χ0v) is 9.69. The lowest BCUT2D eigenvalue weighted by Crippen LogP contribution is -2.39. The van der Waals surface area contributed by atoms with Crippen molar-refractivity contribution < 1.29 is 9.47 Å². The van der Waals surface area contributed by atoms with Gasteiger partial charge in [0.15, 0.2) is 0 Å². The second-order valence-electron chi connectivity index (χ2n) is 3.78. The fraction of sp³-hybridized carbons (Fsp3) is 0.636. The van der Waals surface area contributed by atoms with E-state index in [9.17, 15) is 0 Å². The molecule has 1 aromatic heterocycles. The Bertz CT molecular complexity index is 353. The molecular formula is C11H17N3O2. The predicted molar refractivity (Wildman–Crippen MR) is 60.8 cm³/mol. The summed E-state index contributed by atoms with van der Waals surface area (Å²) >= 11 is 0. The monoisotopic (exact) mass is 223 g/mol. The number of aromatic nitrogens is 2. The topological polar surface area (TPSA) is 56.3 Å². The molecular weight excluding hydrogens is 206 g/mol. The van der Waals surface area contributed by atoms with E-state index in [1.165, 1.54) is 6.33 Å². The third-order valence-electron chi connectivity index (χ3n) is 2.53. The highest BCUT2D eigenvalue weighted by atomic mass is 16.6. The molecule has 1 saturated heterocycles. The van der Waals surface area contributed by atoms with Gasteiger partial charge in [-0.3, -0.25) is 0 Å². The third kappa shape index (κ3) is 2.24. The van der Waals surface area contributed by atoms with Crippen LogP contribution in [-0.2, 0) is 11.2 Å². The Labute approximate surface area is 95.2 Å². The predicted octanol–water partition coefficient (Wildman–Crippen LogP) is 1.25. The molecule has 16 heavy (non-hydrogen) atoms. The van der Waals surface area contributed by atoms with Crippen molar-refractivity contribution in [3.05, 3.63) is 11.9 Å². The summed E-state index contributed by atoms with van der Waals surface area (Å²) in [4.78, 5) is 8.39. The van der Waals surface area contributed by atoms with Gasteiger partial charge in [0, 0.05) is 7.05 Å². The van der Waals surface area contributed by atoms with Gasteiger partial charge in [0.1, 0.15) is 18.2 Å². The molecule has 1 fully saturated rings. The van der Waals surface area contributed by atoms with Gasteiger partial charge in [-0.2, -0.15) is 0 Å². The fourth-order valence-electron chi connectivity index (χ4n) is 1.63. The van der Waals surface area contributed by atoms with Crippen LogP contribution in [0.5, 0.6) is 5.88 Å². The maximum Gasteiger partial charge on any atom is 0.222 e. The van der Waals surface area contributed by atoms with E-state index in [0.29, 0.717) is 19.1 Å². The molecule has 0 bridgehead atoms. The van der Waals surface area contributed by atoms with Gasteiger partial charge in [0.05, 0.1) is 18.8 Å². The van der Waals surface area contributed by atoms with E-state index >= 15 is 0 Å². The standard InChI is InChI=1S/C11H17N3O2/c1-3-4-9-10(12-2)13-7-14-11(9)16-8-5-15-6-8/h7-8H,3-6H2,1-2H3,(H,12,13,14). The first-order valence-electron chi connectivity index (χ1n) is 5.61. The van der Waals surface area contributed by atoms with Crippen LogP contribution in [0.1, 0.15) is 18.9 Å². The summed E-state index contributed by atoms with van der Waals surface area (Å²) in [5.41, 5.74) is 1.06. The first-order chi connectivity index (χ1) is 7.85. The molecule has 1 aliphatic rings. The van der Waals surface area contributed by atoms with Crippen molar-refractivity contribution in [2.75, 3.05) is 25.6 Å². The van der Waals surface area contributed by atoms with E-state index in [1.54, 1.807) is 0 Å². The average Bonchev–Trinajstić information content (AvgIpc) is 2.25. The Kier molecular flexibility index (Phi) is 3.56. The Hall–Kier alpha value is -1.36. The molecule has 1 aliphatic heterocycles. The largest absolute Gasteiger partial charge is 0.469 e. The van der Waals surface area contributed by atoms with Gasteiger partial charge in [0.2, 0.25) is 5.88 Å². The van der Waals surface area contributed by atoms with Crippen molar-refractivity contribution in [2.45, 2.75) is 25.9 Å². The minimum atomic E-state index is 0.148. The number of hydrogen-bond acceptors (Lipinski definition) is 5. The smallest absolute Gasteiger partial charge is 0.222 e. The van der Waals surface area contributed by atoms with Gasteiger partial charge in [-0.25, -0.2) is 9.97 Å². The summed E-state index contributed by atoms with van der Waals surface area (Å²) in [5.74, 6) is 1.54. The Morgan fingerprint density at radius 3 is 2.88 bits per heavy atom. The zero-order valence-electron chi connectivity index (χ0n) is 9.69. The first kappa shape index (κ1) is 11.1. The molecule has 0 aromatic carbocycles. The van der Waals surface area contributed by atoms with Crippen molar-refractivity contribution in [1.82, 2.24) is 9.97 Å². The van der Waals surface area contributed by atoms with Crippen molar-refractivity contribution in [3.8, 4) is 5.88 Å². The number of nitrogens with zero attached hydrogens (tertiary/aromatic N) is 2. The maximum atomic E-state index is 5.76. The number of hydrogen-bond donors (Lipinski definition) is 1. The van der Waals surface area contributed by atoms with E-state index in [2.05, 4.69) is 22.2 Å². The van der Waals surface area contributed by atoms with Crippen LogP contribution in [0.25, 0.3) is 0 Å². The summed E-state index contributed by atoms with van der Waals surface area (Å²) in [6.45, 7) is 3.44. The van der Waals surface area contributed by atoms with Crippen molar-refractivity contribution >= 4 is 5.82 Å². The third-order valence-corrected chi connectivity index (χ3v) is 2.53. The first-order valence-corrected chi connectivity index (χ1v) is 5.61. The van der Waals surface area contributed by atoms with Crippen molar-refractivity contribution in [1.29, 1.82) is 0 Å². The van der Waals surface area contributed by atoms with Crippen molar-refractivity contribution in [2.24, 2.45) is 0 Å². The molecule has 1 aromatic rings. The van der Waals surface area contributed by atoms with E-state index in [0.717, 1.165) is 24.2 Å². The highest BCUT2D eigenvalue weighted by molar-refractivity contribution is 5.48. The molecule has 0 radical (unpaired) electrons. The number of rotatable bonds is 5. The van der Waals surface area contributed by atoms with Crippen molar-refractivity contribution in [3.63, 3.8) is 0 Å². The summed E-state index contributed by atoms with van der Waals surface area (Å²) in [7, 11) is 1.86. The highest BCUT2D eigenvalue weighted by Crippen LogP contribution is 2.25. The van der Waals surface area contributed by atoms with Gasteiger partial charge in [-0.05, 0) is 6.42 Å². The normalized spacial score (nSPS) is 15.6. The Morgan fingerprint density at radius 2 is 2.31 bits per heavy atom. The van der Waals surface area contributed by atoms with Crippen LogP contribution in [0.15, 0.2) is 6.33 Å². The number of nitrogens with one attached hydrogen (secondary N) is 1. The summed E-state index contributed by atoms with van der Waals surface area (Å²) < 4.78 is 10.8. The SMILES string of the molecule is CCCc1c(NC)ncnc1OC1COC1. The molecule has 2 heterocycles. The molecule has 0 amide bonds. The lowest BCUT2D eigenvalue weighted by Gasteiger charge is -2.27. The van der Waals surface area contributed by atoms with Gasteiger partial charge in [0.25, 0.3) is 0 Å². The van der Waals surface area contributed by atoms with Crippen LogP contribution in [0.2, 0.25) is 0 Å². The van der Waals surface area contributed by atoms with Gasteiger partial charge < -0.3 is 14.8 Å². The lowest BCUT2D eigenvalue weighted by atomic mass is 10.1. The van der Waals surface area contributed by atoms with Crippen LogP contribution in [0.4, 0.5) is 5.82 Å². The van der Waals surface area contributed by atoms with Crippen LogP contribution < -0.4 is 10.1 Å². The molecule has 0 aliphatic carbocycles. The molecule has 88 valence electrons. The molecule has 0 atom stereocenters. The molecule has 1 N–H and O–H groups in total. The van der Waals surface area contributed by atoms with Gasteiger partial charge >= 0.3 is 0 Å². The van der Waals surface area contributed by atoms with Crippen LogP contribution in [-0.4, -0.2) is 36.3 Å². The molecule has 0 spiro atoms. The highest BCUT2D eigenvalue weighted by Gasteiger charge is 2.22. The zero-order chi connectivity index (χ0) is 11.4. The molecule has 0 saturated carbocycles. The minimum absolute atomic E-state index is 0.148. The number of anilines is 1. The lowest BCUT2D eigenvalue weighted by molar-refractivity contribution is -0.0816. The van der Waals surface area contributed by atoms with Gasteiger partial charge in [-0.1, -0.05) is 13.3 Å².